The molecule has 0 aliphatic carbocycles. The molecule has 1 amide bonds. The Morgan fingerprint density at radius 1 is 1.19 bits per heavy atom. The largest absolute Gasteiger partial charge is 0.355 e. The lowest BCUT2D eigenvalue weighted by molar-refractivity contribution is -0.125. The van der Waals surface area contributed by atoms with Gasteiger partial charge in [0.2, 0.25) is 5.91 Å². The number of thiazole rings is 1. The lowest BCUT2D eigenvalue weighted by atomic mass is 9.97. The molecule has 10 heteroatoms. The number of aryl methyl sites for hydroxylation is 1. The minimum atomic E-state index is -0.283. The van der Waals surface area contributed by atoms with E-state index in [0.29, 0.717) is 30.0 Å². The summed E-state index contributed by atoms with van der Waals surface area (Å²) >= 11 is 1.61. The van der Waals surface area contributed by atoms with Gasteiger partial charge in [-0.3, -0.25) is 4.79 Å². The van der Waals surface area contributed by atoms with E-state index in [9.17, 15) is 9.18 Å². The first-order valence-electron chi connectivity index (χ1n) is 11.9. The number of rotatable bonds is 5. The zero-order valence-corrected chi connectivity index (χ0v) is 20.5. The first-order chi connectivity index (χ1) is 17.5. The number of hydrogen-bond acceptors (Lipinski definition) is 7. The zero-order chi connectivity index (χ0) is 24.6. The Kier molecular flexibility index (Phi) is 5.80. The normalized spacial score (nSPS) is 16.1. The number of hydrogen-bond donors (Lipinski definition) is 1. The summed E-state index contributed by atoms with van der Waals surface area (Å²) in [6.07, 6.45) is 5.02. The molecule has 1 aliphatic heterocycles. The highest BCUT2D eigenvalue weighted by atomic mass is 32.1. The quantitative estimate of drug-likeness (QED) is 0.384. The molecule has 0 spiro atoms. The third-order valence-corrected chi connectivity index (χ3v) is 7.48. The lowest BCUT2D eigenvalue weighted by Crippen LogP contribution is -2.43. The molecule has 1 saturated heterocycles. The van der Waals surface area contributed by atoms with Crippen LogP contribution in [0, 0.1) is 18.7 Å². The lowest BCUT2D eigenvalue weighted by Gasteiger charge is -2.33. The van der Waals surface area contributed by atoms with Crippen LogP contribution in [0.5, 0.6) is 0 Å². The highest BCUT2D eigenvalue weighted by Crippen LogP contribution is 2.28. The minimum absolute atomic E-state index is 0.0363. The monoisotopic (exact) mass is 501 g/mol. The van der Waals surface area contributed by atoms with Crippen molar-refractivity contribution in [3.8, 4) is 5.69 Å². The predicted molar refractivity (Wildman–Crippen MR) is 138 cm³/mol. The van der Waals surface area contributed by atoms with Crippen molar-refractivity contribution in [1.82, 2.24) is 30.0 Å². The van der Waals surface area contributed by atoms with Gasteiger partial charge in [-0.1, -0.05) is 12.1 Å². The second-order valence-electron chi connectivity index (χ2n) is 9.10. The molecule has 1 aliphatic rings. The van der Waals surface area contributed by atoms with E-state index >= 15 is 0 Å². The summed E-state index contributed by atoms with van der Waals surface area (Å²) in [4.78, 5) is 28.4. The Bertz CT molecular complexity index is 1580. The highest BCUT2D eigenvalue weighted by molar-refractivity contribution is 7.16. The maximum absolute atomic E-state index is 14.1. The zero-order valence-electron chi connectivity index (χ0n) is 19.7. The molecular formula is C26H24FN7OS. The molecule has 8 nitrogen and oxygen atoms in total. The first-order valence-corrected chi connectivity index (χ1v) is 12.7. The molecule has 0 unspecified atom stereocenters. The van der Waals surface area contributed by atoms with Gasteiger partial charge in [0.1, 0.15) is 18.0 Å². The van der Waals surface area contributed by atoms with Gasteiger partial charge in [-0.15, -0.1) is 16.4 Å². The Hall–Kier alpha value is -3.92. The number of nitrogens with one attached hydrogen (secondary N) is 1. The summed E-state index contributed by atoms with van der Waals surface area (Å²) < 4.78 is 16.9. The topological polar surface area (TPSA) is 88.8 Å². The van der Waals surface area contributed by atoms with E-state index in [2.05, 4.69) is 30.3 Å². The van der Waals surface area contributed by atoms with Crippen LogP contribution in [0.2, 0.25) is 0 Å². The van der Waals surface area contributed by atoms with Crippen molar-refractivity contribution in [3.63, 3.8) is 0 Å². The Morgan fingerprint density at radius 2 is 2.11 bits per heavy atom. The van der Waals surface area contributed by atoms with Gasteiger partial charge in [-0.25, -0.2) is 24.0 Å². The van der Waals surface area contributed by atoms with Gasteiger partial charge in [0.25, 0.3) is 0 Å². The Balaban J connectivity index is 1.19. The van der Waals surface area contributed by atoms with Crippen LogP contribution in [0.3, 0.4) is 0 Å². The molecule has 5 aromatic rings. The maximum atomic E-state index is 14.1. The maximum Gasteiger partial charge on any atom is 0.225 e. The highest BCUT2D eigenvalue weighted by Gasteiger charge is 2.28. The summed E-state index contributed by atoms with van der Waals surface area (Å²) in [6, 6.07) is 11.1. The van der Waals surface area contributed by atoms with Gasteiger partial charge >= 0.3 is 0 Å². The van der Waals surface area contributed by atoms with Crippen molar-refractivity contribution >= 4 is 44.3 Å². The smallest absolute Gasteiger partial charge is 0.225 e. The number of anilines is 1. The molecule has 0 saturated carbocycles. The van der Waals surface area contributed by atoms with Crippen LogP contribution in [-0.2, 0) is 11.3 Å². The van der Waals surface area contributed by atoms with Gasteiger partial charge < -0.3 is 10.2 Å². The van der Waals surface area contributed by atoms with Crippen LogP contribution in [-0.4, -0.2) is 43.7 Å². The summed E-state index contributed by atoms with van der Waals surface area (Å²) in [5, 5.41) is 8.40. The fourth-order valence-electron chi connectivity index (χ4n) is 4.66. The van der Waals surface area contributed by atoms with Crippen molar-refractivity contribution < 1.29 is 9.18 Å². The predicted octanol–water partition coefficient (Wildman–Crippen LogP) is 4.41. The molecule has 1 atom stereocenters. The molecule has 3 aromatic heterocycles. The first kappa shape index (κ1) is 22.5. The number of amides is 1. The van der Waals surface area contributed by atoms with E-state index in [1.807, 2.05) is 36.0 Å². The number of piperidine rings is 1. The molecule has 0 radical (unpaired) electrons. The molecule has 2 aromatic carbocycles. The molecular weight excluding hydrogens is 477 g/mol. The SMILES string of the molecule is Cc1ccc(-n2cc3c(N4CCC[C@@H](C(=O)NCc5ccc6scnc6c5)C4)ncnc3n2)cc1F. The molecule has 6 rings (SSSR count). The average molecular weight is 502 g/mol. The standard InChI is InChI=1S/C26H24FN7OS/c1-16-4-6-19(10-21(16)27)34-13-20-24(32-34)29-14-30-25(20)33-8-2-3-18(12-33)26(35)28-11-17-5-7-23-22(9-17)31-15-36-23/h4-7,9-10,13-15,18H,2-3,8,11-12H2,1H3,(H,28,35)/t18-/m1/s1. The number of carbonyl (C=O) groups excluding carboxylic acids is 1. The molecule has 0 bridgehead atoms. The van der Waals surface area contributed by atoms with Gasteiger partial charge in [-0.05, 0) is 55.2 Å². The average Bonchev–Trinajstić information content (AvgIpc) is 3.55. The summed E-state index contributed by atoms with van der Waals surface area (Å²) in [5.41, 5.74) is 5.55. The van der Waals surface area contributed by atoms with Crippen LogP contribution in [0.25, 0.3) is 26.9 Å². The number of halogens is 1. The summed E-state index contributed by atoms with van der Waals surface area (Å²) in [5.74, 6) is 0.349. The second kappa shape index (κ2) is 9.27. The summed E-state index contributed by atoms with van der Waals surface area (Å²) in [7, 11) is 0. The van der Waals surface area contributed by atoms with Crippen molar-refractivity contribution in [3.05, 3.63) is 71.4 Å². The van der Waals surface area contributed by atoms with Crippen LogP contribution < -0.4 is 10.2 Å². The van der Waals surface area contributed by atoms with Crippen LogP contribution >= 0.6 is 11.3 Å². The van der Waals surface area contributed by atoms with E-state index in [4.69, 9.17) is 0 Å². The van der Waals surface area contributed by atoms with Crippen molar-refractivity contribution in [2.45, 2.75) is 26.3 Å². The molecule has 4 heterocycles. The number of nitrogens with zero attached hydrogens (tertiary/aromatic N) is 6. The van der Waals surface area contributed by atoms with E-state index in [1.165, 1.54) is 12.4 Å². The van der Waals surface area contributed by atoms with Crippen molar-refractivity contribution in [2.75, 3.05) is 18.0 Å². The van der Waals surface area contributed by atoms with Crippen molar-refractivity contribution in [1.29, 1.82) is 0 Å². The van der Waals surface area contributed by atoms with Crippen LogP contribution in [0.1, 0.15) is 24.0 Å². The van der Waals surface area contributed by atoms with Gasteiger partial charge in [-0.2, -0.15) is 0 Å². The molecule has 36 heavy (non-hydrogen) atoms. The van der Waals surface area contributed by atoms with Gasteiger partial charge in [0.15, 0.2) is 5.65 Å². The van der Waals surface area contributed by atoms with E-state index < -0.39 is 0 Å². The number of fused-ring (bicyclic) bond motifs is 2. The van der Waals surface area contributed by atoms with E-state index in [1.54, 1.807) is 29.0 Å². The van der Waals surface area contributed by atoms with E-state index in [-0.39, 0.29) is 17.6 Å². The van der Waals surface area contributed by atoms with Gasteiger partial charge in [0, 0.05) is 25.8 Å². The molecule has 1 N–H and O–H groups in total. The van der Waals surface area contributed by atoms with Crippen molar-refractivity contribution in [2.24, 2.45) is 5.92 Å². The minimum Gasteiger partial charge on any atom is -0.355 e. The number of benzene rings is 2. The molecule has 1 fully saturated rings. The third-order valence-electron chi connectivity index (χ3n) is 6.67. The van der Waals surface area contributed by atoms with Crippen LogP contribution in [0.4, 0.5) is 10.2 Å². The summed E-state index contributed by atoms with van der Waals surface area (Å²) in [6.45, 7) is 3.55. The van der Waals surface area contributed by atoms with Crippen LogP contribution in [0.15, 0.2) is 54.4 Å². The Labute approximate surface area is 210 Å². The third kappa shape index (κ3) is 4.28. The fourth-order valence-corrected chi connectivity index (χ4v) is 5.32. The Morgan fingerprint density at radius 3 is 3.00 bits per heavy atom. The number of carbonyl (C=O) groups is 1. The fraction of sp³-hybridized carbons (Fsp3) is 0.269. The van der Waals surface area contributed by atoms with E-state index in [0.717, 1.165) is 46.4 Å². The second-order valence-corrected chi connectivity index (χ2v) is 9.99. The van der Waals surface area contributed by atoms with Gasteiger partial charge in [0.05, 0.1) is 32.7 Å². The molecule has 182 valence electrons. The number of aromatic nitrogens is 5.